The molecule has 3 rings (SSSR count). The average Bonchev–Trinajstić information content (AvgIpc) is 2.54. The summed E-state index contributed by atoms with van der Waals surface area (Å²) in [6.07, 6.45) is 0. The Morgan fingerprint density at radius 2 is 1.62 bits per heavy atom. The molecule has 1 heterocycles. The number of nitrogens with one attached hydrogen (secondary N) is 1. The Bertz CT molecular complexity index is 848. The van der Waals surface area contributed by atoms with Gasteiger partial charge in [0.05, 0.1) is 0 Å². The van der Waals surface area contributed by atoms with E-state index in [0.29, 0.717) is 40.8 Å². The first-order chi connectivity index (χ1) is 11.4. The van der Waals surface area contributed by atoms with Gasteiger partial charge in [-0.25, -0.2) is 8.42 Å². The van der Waals surface area contributed by atoms with E-state index in [-0.39, 0.29) is 4.90 Å². The molecule has 0 unspecified atom stereocenters. The number of fused-ring (bicyclic) bond motifs is 1. The van der Waals surface area contributed by atoms with Gasteiger partial charge in [0.2, 0.25) is 0 Å². The Balaban J connectivity index is 1.90. The van der Waals surface area contributed by atoms with Crippen LogP contribution >= 0.6 is 15.9 Å². The highest BCUT2D eigenvalue weighted by molar-refractivity contribution is 9.10. The summed E-state index contributed by atoms with van der Waals surface area (Å²) in [5, 5.41) is 0. The molecular weight excluding hydrogens is 394 g/mol. The molecule has 0 atom stereocenters. The molecule has 1 N–H and O–H groups in total. The van der Waals surface area contributed by atoms with Gasteiger partial charge in [0.25, 0.3) is 10.0 Å². The summed E-state index contributed by atoms with van der Waals surface area (Å²) < 4.78 is 39.3. The molecular formula is C17H18BrNO4S. The SMILES string of the molecule is CC(C)c1ccc(NS(=O)(=O)c2cc3c(cc2Br)OCCO3)cc1. The van der Waals surface area contributed by atoms with Gasteiger partial charge in [0, 0.05) is 16.2 Å². The quantitative estimate of drug-likeness (QED) is 0.820. The van der Waals surface area contributed by atoms with E-state index in [9.17, 15) is 8.42 Å². The van der Waals surface area contributed by atoms with Crippen molar-refractivity contribution < 1.29 is 17.9 Å². The summed E-state index contributed by atoms with van der Waals surface area (Å²) in [4.78, 5) is 0.111. The molecule has 0 spiro atoms. The molecule has 0 radical (unpaired) electrons. The molecule has 0 saturated carbocycles. The lowest BCUT2D eigenvalue weighted by molar-refractivity contribution is 0.171. The number of benzene rings is 2. The molecule has 0 amide bonds. The zero-order chi connectivity index (χ0) is 17.3. The molecule has 1 aliphatic rings. The molecule has 7 heteroatoms. The van der Waals surface area contributed by atoms with Crippen molar-refractivity contribution in [2.45, 2.75) is 24.7 Å². The minimum Gasteiger partial charge on any atom is -0.486 e. The van der Waals surface area contributed by atoms with E-state index < -0.39 is 10.0 Å². The highest BCUT2D eigenvalue weighted by atomic mass is 79.9. The summed E-state index contributed by atoms with van der Waals surface area (Å²) in [6.45, 7) is 5.03. The lowest BCUT2D eigenvalue weighted by Crippen LogP contribution is -2.18. The lowest BCUT2D eigenvalue weighted by Gasteiger charge is -2.20. The van der Waals surface area contributed by atoms with Gasteiger partial charge in [-0.2, -0.15) is 0 Å². The number of sulfonamides is 1. The second-order valence-corrected chi connectivity index (χ2v) is 8.31. The molecule has 0 aliphatic carbocycles. The summed E-state index contributed by atoms with van der Waals surface area (Å²) in [7, 11) is -3.74. The van der Waals surface area contributed by atoms with Crippen LogP contribution in [0.5, 0.6) is 11.5 Å². The standard InChI is InChI=1S/C17H18BrNO4S/c1-11(2)12-3-5-13(6-4-12)19-24(20,21)17-10-16-15(9-14(17)18)22-7-8-23-16/h3-6,9-11,19H,7-8H2,1-2H3. The van der Waals surface area contributed by atoms with E-state index in [1.54, 1.807) is 18.2 Å². The second-order valence-electron chi connectivity index (χ2n) is 5.81. The fraction of sp³-hybridized carbons (Fsp3) is 0.294. The van der Waals surface area contributed by atoms with Crippen molar-refractivity contribution in [3.8, 4) is 11.5 Å². The van der Waals surface area contributed by atoms with Gasteiger partial charge in [0.15, 0.2) is 11.5 Å². The van der Waals surface area contributed by atoms with Crippen molar-refractivity contribution in [1.82, 2.24) is 0 Å². The van der Waals surface area contributed by atoms with Gasteiger partial charge in [-0.15, -0.1) is 0 Å². The van der Waals surface area contributed by atoms with E-state index in [1.165, 1.54) is 6.07 Å². The molecule has 1 aliphatic heterocycles. The maximum absolute atomic E-state index is 12.7. The van der Waals surface area contributed by atoms with E-state index >= 15 is 0 Å². The van der Waals surface area contributed by atoms with Gasteiger partial charge in [-0.05, 0) is 45.6 Å². The highest BCUT2D eigenvalue weighted by Gasteiger charge is 2.23. The van der Waals surface area contributed by atoms with Crippen LogP contribution in [-0.4, -0.2) is 21.6 Å². The molecule has 0 saturated heterocycles. The van der Waals surface area contributed by atoms with Crippen molar-refractivity contribution in [3.05, 3.63) is 46.4 Å². The van der Waals surface area contributed by atoms with E-state index in [0.717, 1.165) is 5.56 Å². The third kappa shape index (κ3) is 3.52. The summed E-state index contributed by atoms with van der Waals surface area (Å²) in [5.41, 5.74) is 1.67. The van der Waals surface area contributed by atoms with Crippen LogP contribution in [0, 0.1) is 0 Å². The number of anilines is 1. The number of hydrogen-bond acceptors (Lipinski definition) is 4. The van der Waals surface area contributed by atoms with Gasteiger partial charge in [-0.1, -0.05) is 26.0 Å². The van der Waals surface area contributed by atoms with Gasteiger partial charge in [-0.3, -0.25) is 4.72 Å². The lowest BCUT2D eigenvalue weighted by atomic mass is 10.0. The monoisotopic (exact) mass is 411 g/mol. The molecule has 0 aromatic heterocycles. The predicted octanol–water partition coefficient (Wildman–Crippen LogP) is 4.14. The van der Waals surface area contributed by atoms with Crippen molar-refractivity contribution in [1.29, 1.82) is 0 Å². The van der Waals surface area contributed by atoms with Crippen molar-refractivity contribution in [3.63, 3.8) is 0 Å². The van der Waals surface area contributed by atoms with Crippen molar-refractivity contribution >= 4 is 31.6 Å². The van der Waals surface area contributed by atoms with Gasteiger partial charge < -0.3 is 9.47 Å². The minimum absolute atomic E-state index is 0.111. The maximum atomic E-state index is 12.7. The van der Waals surface area contributed by atoms with E-state index in [1.807, 2.05) is 12.1 Å². The first kappa shape index (κ1) is 17.1. The predicted molar refractivity (Wildman–Crippen MR) is 96.5 cm³/mol. The molecule has 2 aromatic carbocycles. The number of halogens is 1. The highest BCUT2D eigenvalue weighted by Crippen LogP contribution is 2.38. The van der Waals surface area contributed by atoms with Crippen LogP contribution < -0.4 is 14.2 Å². The topological polar surface area (TPSA) is 64.6 Å². The van der Waals surface area contributed by atoms with Crippen LogP contribution in [0.1, 0.15) is 25.3 Å². The van der Waals surface area contributed by atoms with Crippen LogP contribution in [0.2, 0.25) is 0 Å². The third-order valence-corrected chi connectivity index (χ3v) is 6.06. The van der Waals surface area contributed by atoms with Crippen LogP contribution in [0.15, 0.2) is 45.8 Å². The third-order valence-electron chi connectivity index (χ3n) is 3.72. The summed E-state index contributed by atoms with van der Waals surface area (Å²) in [5.74, 6) is 1.36. The number of ether oxygens (including phenoxy) is 2. The fourth-order valence-corrected chi connectivity index (χ4v) is 4.49. The number of hydrogen-bond donors (Lipinski definition) is 1. The van der Waals surface area contributed by atoms with Crippen LogP contribution in [0.4, 0.5) is 5.69 Å². The maximum Gasteiger partial charge on any atom is 0.263 e. The molecule has 0 fully saturated rings. The van der Waals surface area contributed by atoms with Gasteiger partial charge >= 0.3 is 0 Å². The Labute approximate surface area is 150 Å². The zero-order valence-corrected chi connectivity index (χ0v) is 15.8. The Kier molecular flexibility index (Phi) is 4.73. The average molecular weight is 412 g/mol. The smallest absolute Gasteiger partial charge is 0.263 e. The Hall–Kier alpha value is -1.73. The number of rotatable bonds is 4. The normalized spacial score (nSPS) is 13.8. The van der Waals surface area contributed by atoms with Gasteiger partial charge in [0.1, 0.15) is 18.1 Å². The Morgan fingerprint density at radius 1 is 1.04 bits per heavy atom. The second kappa shape index (κ2) is 6.64. The largest absolute Gasteiger partial charge is 0.486 e. The molecule has 0 bridgehead atoms. The van der Waals surface area contributed by atoms with Crippen LogP contribution in [0.25, 0.3) is 0 Å². The van der Waals surface area contributed by atoms with Crippen LogP contribution in [-0.2, 0) is 10.0 Å². The first-order valence-electron chi connectivity index (χ1n) is 7.59. The Morgan fingerprint density at radius 3 is 2.21 bits per heavy atom. The first-order valence-corrected chi connectivity index (χ1v) is 9.86. The van der Waals surface area contributed by atoms with E-state index in [2.05, 4.69) is 34.5 Å². The fourth-order valence-electron chi connectivity index (χ4n) is 2.40. The molecule has 128 valence electrons. The van der Waals surface area contributed by atoms with Crippen molar-refractivity contribution in [2.75, 3.05) is 17.9 Å². The van der Waals surface area contributed by atoms with E-state index in [4.69, 9.17) is 9.47 Å². The summed E-state index contributed by atoms with van der Waals surface area (Å²) >= 11 is 3.30. The molecule has 5 nitrogen and oxygen atoms in total. The zero-order valence-electron chi connectivity index (χ0n) is 13.4. The minimum atomic E-state index is -3.74. The van der Waals surface area contributed by atoms with Crippen molar-refractivity contribution in [2.24, 2.45) is 0 Å². The van der Waals surface area contributed by atoms with Crippen LogP contribution in [0.3, 0.4) is 0 Å². The molecule has 2 aromatic rings. The molecule has 24 heavy (non-hydrogen) atoms. The summed E-state index contributed by atoms with van der Waals surface area (Å²) in [6, 6.07) is 10.5.